The number of hydrogen-bond acceptors (Lipinski definition) is 1. The maximum atomic E-state index is 12.7. The minimum Gasteiger partial charge on any atom is -0.349 e. The summed E-state index contributed by atoms with van der Waals surface area (Å²) in [5.41, 5.74) is 2.10. The third kappa shape index (κ3) is 4.11. The van der Waals surface area contributed by atoms with Gasteiger partial charge < -0.3 is 5.32 Å². The Morgan fingerprint density at radius 3 is 2.05 bits per heavy atom. The van der Waals surface area contributed by atoms with Crippen molar-refractivity contribution in [2.24, 2.45) is 5.92 Å². The van der Waals surface area contributed by atoms with E-state index in [1.165, 1.54) is 0 Å². The van der Waals surface area contributed by atoms with Crippen LogP contribution in [0.1, 0.15) is 43.9 Å². The summed E-state index contributed by atoms with van der Waals surface area (Å²) in [6.07, 6.45) is 0. The fraction of sp³-hybridized carbons (Fsp3) is 0.316. The fourth-order valence-corrected chi connectivity index (χ4v) is 2.76. The molecule has 116 valence electrons. The Labute approximate surface area is 137 Å². The predicted molar refractivity (Wildman–Crippen MR) is 92.0 cm³/mol. The molecule has 2 aromatic carbocycles. The number of halogens is 1. The molecule has 0 radical (unpaired) electrons. The van der Waals surface area contributed by atoms with Gasteiger partial charge in [-0.05, 0) is 36.1 Å². The molecule has 0 aliphatic heterocycles. The average molecular weight is 316 g/mol. The molecule has 0 aliphatic carbocycles. The summed E-state index contributed by atoms with van der Waals surface area (Å²) >= 11 is 5.94. The van der Waals surface area contributed by atoms with Gasteiger partial charge in [-0.25, -0.2) is 0 Å². The third-order valence-corrected chi connectivity index (χ3v) is 4.09. The Kier molecular flexibility index (Phi) is 5.62. The van der Waals surface area contributed by atoms with Crippen LogP contribution in [0, 0.1) is 5.92 Å². The molecule has 0 aliphatic rings. The van der Waals surface area contributed by atoms with Gasteiger partial charge in [0.05, 0.1) is 12.0 Å². The highest BCUT2D eigenvalue weighted by Gasteiger charge is 2.25. The van der Waals surface area contributed by atoms with Gasteiger partial charge in [0, 0.05) is 5.02 Å². The van der Waals surface area contributed by atoms with Crippen molar-refractivity contribution in [3.05, 3.63) is 70.7 Å². The van der Waals surface area contributed by atoms with Gasteiger partial charge in [0.25, 0.3) is 0 Å². The average Bonchev–Trinajstić information content (AvgIpc) is 2.50. The van der Waals surface area contributed by atoms with Crippen molar-refractivity contribution >= 4 is 17.5 Å². The number of rotatable bonds is 5. The van der Waals surface area contributed by atoms with Crippen LogP contribution in [0.5, 0.6) is 0 Å². The van der Waals surface area contributed by atoms with E-state index in [1.807, 2.05) is 61.5 Å². The van der Waals surface area contributed by atoms with Crippen molar-refractivity contribution in [2.75, 3.05) is 0 Å². The summed E-state index contributed by atoms with van der Waals surface area (Å²) in [7, 11) is 0. The quantitative estimate of drug-likeness (QED) is 0.830. The summed E-state index contributed by atoms with van der Waals surface area (Å²) in [5, 5.41) is 3.80. The van der Waals surface area contributed by atoms with Gasteiger partial charge in [0.2, 0.25) is 5.91 Å². The maximum Gasteiger partial charge on any atom is 0.228 e. The van der Waals surface area contributed by atoms with Crippen LogP contribution in [0.3, 0.4) is 0 Å². The Balaban J connectivity index is 2.15. The molecular formula is C19H22ClNO. The van der Waals surface area contributed by atoms with Gasteiger partial charge in [-0.1, -0.05) is 67.9 Å². The van der Waals surface area contributed by atoms with Gasteiger partial charge in [-0.15, -0.1) is 0 Å². The second-order valence-electron chi connectivity index (χ2n) is 5.91. The Morgan fingerprint density at radius 1 is 0.909 bits per heavy atom. The van der Waals surface area contributed by atoms with Crippen molar-refractivity contribution in [2.45, 2.75) is 32.7 Å². The molecule has 2 atom stereocenters. The zero-order valence-electron chi connectivity index (χ0n) is 13.2. The van der Waals surface area contributed by atoms with Crippen molar-refractivity contribution in [3.63, 3.8) is 0 Å². The molecule has 0 unspecified atom stereocenters. The lowest BCUT2D eigenvalue weighted by Crippen LogP contribution is -2.33. The number of carbonyl (C=O) groups excluding carboxylic acids is 1. The fourth-order valence-electron chi connectivity index (χ4n) is 2.64. The number of benzene rings is 2. The Bertz CT molecular complexity index is 607. The highest BCUT2D eigenvalue weighted by Crippen LogP contribution is 2.27. The van der Waals surface area contributed by atoms with E-state index in [1.54, 1.807) is 0 Å². The molecule has 1 amide bonds. The number of hydrogen-bond donors (Lipinski definition) is 1. The lowest BCUT2D eigenvalue weighted by Gasteiger charge is -2.23. The first-order valence-electron chi connectivity index (χ1n) is 7.60. The van der Waals surface area contributed by atoms with E-state index in [9.17, 15) is 4.79 Å². The first kappa shape index (κ1) is 16.6. The maximum absolute atomic E-state index is 12.7. The number of carbonyl (C=O) groups is 1. The molecule has 2 nitrogen and oxygen atoms in total. The minimum atomic E-state index is -0.177. The molecular weight excluding hydrogens is 294 g/mol. The highest BCUT2D eigenvalue weighted by atomic mass is 35.5. The van der Waals surface area contributed by atoms with E-state index in [4.69, 9.17) is 11.6 Å². The molecule has 0 fully saturated rings. The summed E-state index contributed by atoms with van der Waals surface area (Å²) in [6, 6.07) is 17.5. The SMILES string of the molecule is CC(C)[C@H](C(=O)N[C@H](C)c1ccccc1)c1ccc(Cl)cc1. The molecule has 0 heterocycles. The first-order valence-corrected chi connectivity index (χ1v) is 7.97. The molecule has 0 aromatic heterocycles. The number of amides is 1. The lowest BCUT2D eigenvalue weighted by molar-refractivity contribution is -0.124. The molecule has 2 rings (SSSR count). The summed E-state index contributed by atoms with van der Waals surface area (Å²) in [4.78, 5) is 12.7. The molecule has 22 heavy (non-hydrogen) atoms. The summed E-state index contributed by atoms with van der Waals surface area (Å²) in [6.45, 7) is 6.13. The second-order valence-corrected chi connectivity index (χ2v) is 6.35. The lowest BCUT2D eigenvalue weighted by atomic mass is 9.87. The largest absolute Gasteiger partial charge is 0.349 e. The van der Waals surface area contributed by atoms with Gasteiger partial charge in [-0.2, -0.15) is 0 Å². The van der Waals surface area contributed by atoms with Crippen LogP contribution in [0.4, 0.5) is 0 Å². The predicted octanol–water partition coefficient (Wildman–Crippen LogP) is 4.96. The smallest absolute Gasteiger partial charge is 0.228 e. The molecule has 0 spiro atoms. The van der Waals surface area contributed by atoms with Crippen LogP contribution in [0.2, 0.25) is 5.02 Å². The van der Waals surface area contributed by atoms with Crippen molar-refractivity contribution in [3.8, 4) is 0 Å². The normalized spacial score (nSPS) is 13.7. The van der Waals surface area contributed by atoms with Crippen LogP contribution >= 0.6 is 11.6 Å². The topological polar surface area (TPSA) is 29.1 Å². The second kappa shape index (κ2) is 7.46. The molecule has 0 bridgehead atoms. The Hall–Kier alpha value is -1.80. The van der Waals surface area contributed by atoms with E-state index in [-0.39, 0.29) is 23.8 Å². The zero-order chi connectivity index (χ0) is 16.1. The molecule has 1 N–H and O–H groups in total. The Morgan fingerprint density at radius 2 is 1.50 bits per heavy atom. The van der Waals surface area contributed by atoms with E-state index < -0.39 is 0 Å². The van der Waals surface area contributed by atoms with Gasteiger partial charge in [-0.3, -0.25) is 4.79 Å². The van der Waals surface area contributed by atoms with Crippen molar-refractivity contribution < 1.29 is 4.79 Å². The summed E-state index contributed by atoms with van der Waals surface area (Å²) in [5.74, 6) is 0.0845. The van der Waals surface area contributed by atoms with E-state index >= 15 is 0 Å². The van der Waals surface area contributed by atoms with E-state index in [0.29, 0.717) is 5.02 Å². The molecule has 0 saturated carbocycles. The standard InChI is InChI=1S/C19H22ClNO/c1-13(2)18(16-9-11-17(20)12-10-16)19(22)21-14(3)15-7-5-4-6-8-15/h4-14,18H,1-3H3,(H,21,22)/t14-,18+/m1/s1. The van der Waals surface area contributed by atoms with Gasteiger partial charge in [0.1, 0.15) is 0 Å². The van der Waals surface area contributed by atoms with Crippen LogP contribution in [-0.4, -0.2) is 5.91 Å². The zero-order valence-corrected chi connectivity index (χ0v) is 14.0. The molecule has 2 aromatic rings. The first-order chi connectivity index (χ1) is 10.5. The molecule has 0 saturated heterocycles. The highest BCUT2D eigenvalue weighted by molar-refractivity contribution is 6.30. The van der Waals surface area contributed by atoms with Crippen LogP contribution in [-0.2, 0) is 4.79 Å². The summed E-state index contributed by atoms with van der Waals surface area (Å²) < 4.78 is 0. The van der Waals surface area contributed by atoms with Crippen LogP contribution in [0.15, 0.2) is 54.6 Å². The van der Waals surface area contributed by atoms with Crippen molar-refractivity contribution in [1.29, 1.82) is 0 Å². The monoisotopic (exact) mass is 315 g/mol. The molecule has 3 heteroatoms. The van der Waals surface area contributed by atoms with Crippen LogP contribution < -0.4 is 5.32 Å². The minimum absolute atomic E-state index is 0.0118. The van der Waals surface area contributed by atoms with E-state index in [2.05, 4.69) is 19.2 Å². The third-order valence-electron chi connectivity index (χ3n) is 3.84. The van der Waals surface area contributed by atoms with Gasteiger partial charge in [0.15, 0.2) is 0 Å². The number of nitrogens with one attached hydrogen (secondary N) is 1. The van der Waals surface area contributed by atoms with E-state index in [0.717, 1.165) is 11.1 Å². The van der Waals surface area contributed by atoms with Crippen LogP contribution in [0.25, 0.3) is 0 Å². The van der Waals surface area contributed by atoms with Crippen molar-refractivity contribution in [1.82, 2.24) is 5.32 Å². The van der Waals surface area contributed by atoms with Gasteiger partial charge >= 0.3 is 0 Å².